The first-order valence-corrected chi connectivity index (χ1v) is 8.99. The van der Waals surface area contributed by atoms with E-state index >= 15 is 0 Å². The lowest BCUT2D eigenvalue weighted by atomic mass is 10.1. The van der Waals surface area contributed by atoms with E-state index in [1.165, 1.54) is 18.4 Å². The lowest BCUT2D eigenvalue weighted by Crippen LogP contribution is -2.42. The monoisotopic (exact) mass is 348 g/mol. The van der Waals surface area contributed by atoms with Crippen LogP contribution in [-0.2, 0) is 11.3 Å². The molecule has 1 aliphatic carbocycles. The second-order valence-electron chi connectivity index (χ2n) is 6.43. The number of benzene rings is 1. The number of nitrogens with one attached hydrogen (secondary N) is 2. The molecule has 0 heterocycles. The fourth-order valence-corrected chi connectivity index (χ4v) is 2.84. The van der Waals surface area contributed by atoms with Gasteiger partial charge in [-0.25, -0.2) is 0 Å². The molecular weight excluding hydrogens is 316 g/mol. The minimum Gasteiger partial charge on any atom is -0.496 e. The Morgan fingerprint density at radius 2 is 2.04 bits per heavy atom. The van der Waals surface area contributed by atoms with Crippen molar-refractivity contribution in [1.82, 2.24) is 15.5 Å². The van der Waals surface area contributed by atoms with Crippen molar-refractivity contribution in [2.45, 2.75) is 32.4 Å². The van der Waals surface area contributed by atoms with E-state index in [1.807, 2.05) is 0 Å². The predicted octanol–water partition coefficient (Wildman–Crippen LogP) is 1.78. The zero-order valence-corrected chi connectivity index (χ0v) is 16.0. The Balaban J connectivity index is 1.77. The minimum absolute atomic E-state index is 0.680. The van der Waals surface area contributed by atoms with Gasteiger partial charge in [0.1, 0.15) is 5.75 Å². The second kappa shape index (κ2) is 10.3. The minimum atomic E-state index is 0.680. The lowest BCUT2D eigenvalue weighted by molar-refractivity contribution is 0.144. The number of nitrogens with zero attached hydrogens (tertiary/aromatic N) is 2. The lowest BCUT2D eigenvalue weighted by Gasteiger charge is -2.22. The number of hydrogen-bond donors (Lipinski definition) is 2. The van der Waals surface area contributed by atoms with E-state index < -0.39 is 0 Å². The van der Waals surface area contributed by atoms with Crippen LogP contribution in [0.3, 0.4) is 0 Å². The first-order chi connectivity index (χ1) is 12.2. The highest BCUT2D eigenvalue weighted by Crippen LogP contribution is 2.26. The average molecular weight is 348 g/mol. The van der Waals surface area contributed by atoms with E-state index in [4.69, 9.17) is 9.47 Å². The van der Waals surface area contributed by atoms with Gasteiger partial charge in [-0.2, -0.15) is 0 Å². The summed E-state index contributed by atoms with van der Waals surface area (Å²) in [5.74, 6) is 1.72. The number of aliphatic imine (C=N–C) groups is 1. The molecule has 0 amide bonds. The molecule has 0 saturated heterocycles. The fourth-order valence-electron chi connectivity index (χ4n) is 2.84. The molecule has 6 heteroatoms. The van der Waals surface area contributed by atoms with E-state index in [0.717, 1.165) is 49.6 Å². The molecule has 2 rings (SSSR count). The molecule has 0 bridgehead atoms. The van der Waals surface area contributed by atoms with Crippen molar-refractivity contribution in [3.05, 3.63) is 29.3 Å². The second-order valence-corrected chi connectivity index (χ2v) is 6.43. The van der Waals surface area contributed by atoms with Gasteiger partial charge >= 0.3 is 0 Å². The molecule has 25 heavy (non-hydrogen) atoms. The zero-order chi connectivity index (χ0) is 18.1. The molecule has 0 spiro atoms. The summed E-state index contributed by atoms with van der Waals surface area (Å²) < 4.78 is 10.7. The van der Waals surface area contributed by atoms with Gasteiger partial charge < -0.3 is 20.1 Å². The molecule has 6 nitrogen and oxygen atoms in total. The normalized spacial score (nSPS) is 14.7. The first kappa shape index (κ1) is 19.5. The average Bonchev–Trinajstić information content (AvgIpc) is 3.46. The predicted molar refractivity (Wildman–Crippen MR) is 102 cm³/mol. The number of hydrogen-bond acceptors (Lipinski definition) is 4. The molecule has 1 aromatic rings. The van der Waals surface area contributed by atoms with E-state index in [9.17, 15) is 0 Å². The van der Waals surface area contributed by atoms with Crippen molar-refractivity contribution in [2.24, 2.45) is 4.99 Å². The highest BCUT2D eigenvalue weighted by molar-refractivity contribution is 5.79. The molecule has 140 valence electrons. The molecule has 1 aliphatic rings. The molecule has 1 aromatic carbocycles. The Morgan fingerprint density at radius 1 is 1.24 bits per heavy atom. The van der Waals surface area contributed by atoms with Crippen molar-refractivity contribution in [3.63, 3.8) is 0 Å². The third-order valence-electron chi connectivity index (χ3n) is 4.45. The van der Waals surface area contributed by atoms with Gasteiger partial charge in [-0.1, -0.05) is 12.1 Å². The summed E-state index contributed by atoms with van der Waals surface area (Å²) in [6.45, 7) is 6.40. The van der Waals surface area contributed by atoms with Gasteiger partial charge in [0.2, 0.25) is 0 Å². The maximum absolute atomic E-state index is 5.46. The van der Waals surface area contributed by atoms with Crippen molar-refractivity contribution < 1.29 is 9.47 Å². The summed E-state index contributed by atoms with van der Waals surface area (Å²) in [7, 11) is 5.26. The number of guanidine groups is 1. The third-order valence-corrected chi connectivity index (χ3v) is 4.45. The standard InChI is InChI=1S/C19H32N4O2/c1-15-5-6-16(18(13-15)25-4)14-22-19(20-2)21-9-10-23(11-12-24-3)17-7-8-17/h5-6,13,17H,7-12,14H2,1-4H3,(H2,20,21,22). The van der Waals surface area contributed by atoms with E-state index in [0.29, 0.717) is 6.54 Å². The summed E-state index contributed by atoms with van der Waals surface area (Å²) in [6, 6.07) is 6.98. The largest absolute Gasteiger partial charge is 0.496 e. The molecule has 2 N–H and O–H groups in total. The van der Waals surface area contributed by atoms with Gasteiger partial charge in [-0.3, -0.25) is 9.89 Å². The van der Waals surface area contributed by atoms with Crippen LogP contribution in [0.25, 0.3) is 0 Å². The highest BCUT2D eigenvalue weighted by Gasteiger charge is 2.28. The van der Waals surface area contributed by atoms with Crippen molar-refractivity contribution in [2.75, 3.05) is 47.5 Å². The van der Waals surface area contributed by atoms with Gasteiger partial charge in [0.05, 0.1) is 13.7 Å². The van der Waals surface area contributed by atoms with Crippen LogP contribution in [-0.4, -0.2) is 64.4 Å². The molecule has 1 fully saturated rings. The van der Waals surface area contributed by atoms with Gasteiger partial charge in [0, 0.05) is 51.9 Å². The van der Waals surface area contributed by atoms with Crippen LogP contribution in [0.4, 0.5) is 0 Å². The quantitative estimate of drug-likeness (QED) is 0.499. The van der Waals surface area contributed by atoms with Crippen LogP contribution in [0.2, 0.25) is 0 Å². The third kappa shape index (κ3) is 6.55. The summed E-state index contributed by atoms with van der Waals surface area (Å²) in [4.78, 5) is 6.80. The zero-order valence-electron chi connectivity index (χ0n) is 16.0. The summed E-state index contributed by atoms with van der Waals surface area (Å²) >= 11 is 0. The van der Waals surface area contributed by atoms with Gasteiger partial charge in [-0.15, -0.1) is 0 Å². The highest BCUT2D eigenvalue weighted by atomic mass is 16.5. The van der Waals surface area contributed by atoms with E-state index in [-0.39, 0.29) is 0 Å². The van der Waals surface area contributed by atoms with Crippen LogP contribution in [0, 0.1) is 6.92 Å². The summed E-state index contributed by atoms with van der Waals surface area (Å²) in [5.41, 5.74) is 2.31. The Bertz CT molecular complexity index is 558. The van der Waals surface area contributed by atoms with E-state index in [1.54, 1.807) is 21.3 Å². The number of rotatable bonds is 10. The molecule has 0 unspecified atom stereocenters. The summed E-state index contributed by atoms with van der Waals surface area (Å²) in [6.07, 6.45) is 2.62. The molecule has 0 aliphatic heterocycles. The Hall–Kier alpha value is -1.79. The number of aryl methyl sites for hydroxylation is 1. The van der Waals surface area contributed by atoms with Gasteiger partial charge in [-0.05, 0) is 31.4 Å². The van der Waals surface area contributed by atoms with Crippen molar-refractivity contribution in [3.8, 4) is 5.75 Å². The Labute approximate surface area is 151 Å². The van der Waals surface area contributed by atoms with Gasteiger partial charge in [0.15, 0.2) is 5.96 Å². The SMILES string of the molecule is CN=C(NCCN(CCOC)C1CC1)NCc1ccc(C)cc1OC. The smallest absolute Gasteiger partial charge is 0.191 e. The maximum atomic E-state index is 5.46. The van der Waals surface area contributed by atoms with E-state index in [2.05, 4.69) is 45.6 Å². The topological polar surface area (TPSA) is 58.1 Å². The molecule has 1 saturated carbocycles. The summed E-state index contributed by atoms with van der Waals surface area (Å²) in [5, 5.41) is 6.75. The number of methoxy groups -OCH3 is 2. The van der Waals surface area contributed by atoms with Crippen LogP contribution in [0.5, 0.6) is 5.75 Å². The Kier molecular flexibility index (Phi) is 8.01. The molecule has 0 aromatic heterocycles. The Morgan fingerprint density at radius 3 is 2.68 bits per heavy atom. The number of ether oxygens (including phenoxy) is 2. The van der Waals surface area contributed by atoms with Crippen LogP contribution in [0.15, 0.2) is 23.2 Å². The van der Waals surface area contributed by atoms with Crippen LogP contribution in [0.1, 0.15) is 24.0 Å². The first-order valence-electron chi connectivity index (χ1n) is 8.99. The fraction of sp³-hybridized carbons (Fsp3) is 0.632. The molecular formula is C19H32N4O2. The van der Waals surface area contributed by atoms with Crippen LogP contribution < -0.4 is 15.4 Å². The maximum Gasteiger partial charge on any atom is 0.191 e. The van der Waals surface area contributed by atoms with Crippen molar-refractivity contribution in [1.29, 1.82) is 0 Å². The molecule has 0 atom stereocenters. The molecule has 0 radical (unpaired) electrons. The van der Waals surface area contributed by atoms with Gasteiger partial charge in [0.25, 0.3) is 0 Å². The van der Waals surface area contributed by atoms with Crippen LogP contribution >= 0.6 is 0 Å². The van der Waals surface area contributed by atoms with Crippen molar-refractivity contribution >= 4 is 5.96 Å².